The van der Waals surface area contributed by atoms with E-state index >= 15 is 0 Å². The van der Waals surface area contributed by atoms with Gasteiger partial charge in [-0.05, 0) is 72.3 Å². The molecule has 0 fully saturated rings. The number of methoxy groups -OCH3 is 2. The summed E-state index contributed by atoms with van der Waals surface area (Å²) in [6, 6.07) is 24.3. The molecule has 0 aliphatic carbocycles. The summed E-state index contributed by atoms with van der Waals surface area (Å²) in [4.78, 5) is 142. The number of carbonyl (C=O) groups excluding carboxylic acids is 10. The molecular weight excluding hydrogens is 1090 g/mol. The van der Waals surface area contributed by atoms with Gasteiger partial charge in [0.2, 0.25) is 0 Å². The molecule has 4 aliphatic rings. The first-order chi connectivity index (χ1) is 40.8. The zero-order chi connectivity index (χ0) is 59.0. The van der Waals surface area contributed by atoms with Crippen LogP contribution in [0.15, 0.2) is 97.1 Å². The lowest BCUT2D eigenvalue weighted by atomic mass is 9.86. The van der Waals surface area contributed by atoms with Crippen LogP contribution in [0.2, 0.25) is 0 Å². The highest BCUT2D eigenvalue weighted by Crippen LogP contribution is 2.40. The molecule has 0 atom stereocenters. The fourth-order valence-electron chi connectivity index (χ4n) is 10.3. The molecule has 23 heteroatoms. The minimum absolute atomic E-state index is 0.0325. The molecule has 0 N–H and O–H groups in total. The van der Waals surface area contributed by atoms with E-state index in [4.69, 9.17) is 42.6 Å². The molecule has 0 bridgehead atoms. The molecule has 6 aromatic rings. The van der Waals surface area contributed by atoms with Gasteiger partial charge in [0.25, 0.3) is 47.3 Å². The number of benzene rings is 6. The van der Waals surface area contributed by atoms with E-state index < -0.39 is 85.5 Å². The Morgan fingerprint density at radius 2 is 0.631 bits per heavy atom. The van der Waals surface area contributed by atoms with Gasteiger partial charge in [0.05, 0.1) is 103 Å². The Bertz CT molecular complexity index is 3310. The van der Waals surface area contributed by atoms with Gasteiger partial charge in [-0.1, -0.05) is 30.3 Å². The lowest BCUT2D eigenvalue weighted by Gasteiger charge is -2.31. The molecule has 434 valence electrons. The van der Waals surface area contributed by atoms with E-state index in [9.17, 15) is 47.9 Å². The highest BCUT2D eigenvalue weighted by molar-refractivity contribution is 6.34. The van der Waals surface area contributed by atoms with Gasteiger partial charge in [-0.3, -0.25) is 58.0 Å². The van der Waals surface area contributed by atoms with Crippen molar-refractivity contribution in [3.63, 3.8) is 0 Å². The van der Waals surface area contributed by atoms with Crippen molar-refractivity contribution < 1.29 is 90.6 Å². The molecule has 0 unspecified atom stereocenters. The Morgan fingerprint density at radius 3 is 0.940 bits per heavy atom. The molecule has 8 amide bonds. The standard InChI is InChI=1S/C61H56N4O19/c1-76-24-26-80-30-28-78-20-16-62-52(66)40-8-12-44-50-45(13-9-41(48(40)50)53(62)67)57(71)64(56(44)70)18-22-82-60(74)37-32-38(34-39(33-37)84-35-36-6-4-3-5-7-36)61(75)83-23-19-65-58(72)46-14-10-42-49-43(11-15-47(51(46)49)59(65)73)55(69)63(54(42)68)17-21-79-29-31-81-27-25-77-2/h3-15,32-34H,16-31,35H2,1-2H3. The third kappa shape index (κ3) is 11.6. The number of rotatable bonds is 29. The Balaban J connectivity index is 0.778. The molecule has 0 aromatic heterocycles. The van der Waals surface area contributed by atoms with Crippen LogP contribution in [-0.4, -0.2) is 198 Å². The SMILES string of the molecule is COCCOCCOCCN1C(=O)c2ccc3c4c(ccc(c24)C1=O)C(=O)N(CCOC(=O)c1cc(OCc2ccccc2)cc(C(=O)OCCN2C(=O)c4ccc5c6c(ccc(c46)C2=O)C(=O)N(CCOCCOCCOC)C5=O)c1)C3=O. The van der Waals surface area contributed by atoms with E-state index in [-0.39, 0.29) is 129 Å². The molecule has 0 spiro atoms. The second kappa shape index (κ2) is 26.0. The number of hydrogen-bond donors (Lipinski definition) is 0. The minimum atomic E-state index is -0.962. The quantitative estimate of drug-likeness (QED) is 0.0339. The largest absolute Gasteiger partial charge is 0.489 e. The monoisotopic (exact) mass is 1150 g/mol. The van der Waals surface area contributed by atoms with Gasteiger partial charge >= 0.3 is 11.9 Å². The number of amides is 8. The Labute approximate surface area is 479 Å². The Hall–Kier alpha value is -9.10. The fourth-order valence-corrected chi connectivity index (χ4v) is 10.3. The van der Waals surface area contributed by atoms with Crippen molar-refractivity contribution in [2.45, 2.75) is 6.61 Å². The van der Waals surface area contributed by atoms with Gasteiger partial charge in [0, 0.05) is 80.3 Å². The molecule has 6 aromatic carbocycles. The van der Waals surface area contributed by atoms with Gasteiger partial charge < -0.3 is 42.6 Å². The number of ether oxygens (including phenoxy) is 9. The van der Waals surface area contributed by atoms with Crippen LogP contribution < -0.4 is 4.74 Å². The highest BCUT2D eigenvalue weighted by Gasteiger charge is 2.42. The summed E-state index contributed by atoms with van der Waals surface area (Å²) in [6.07, 6.45) is 0. The Kier molecular flexibility index (Phi) is 18.0. The van der Waals surface area contributed by atoms with Crippen LogP contribution in [0.5, 0.6) is 5.75 Å². The van der Waals surface area contributed by atoms with Crippen LogP contribution in [0.1, 0.15) is 109 Å². The van der Waals surface area contributed by atoms with E-state index in [0.717, 1.165) is 25.2 Å². The van der Waals surface area contributed by atoms with Crippen LogP contribution in [0.25, 0.3) is 21.5 Å². The van der Waals surface area contributed by atoms with Crippen LogP contribution in [0, 0.1) is 0 Å². The van der Waals surface area contributed by atoms with Crippen molar-refractivity contribution in [1.82, 2.24) is 19.6 Å². The summed E-state index contributed by atoms with van der Waals surface area (Å²) in [5.41, 5.74) is 1.22. The number of hydrogen-bond acceptors (Lipinski definition) is 19. The van der Waals surface area contributed by atoms with E-state index in [1.807, 2.05) is 18.2 Å². The predicted molar refractivity (Wildman–Crippen MR) is 294 cm³/mol. The summed E-state index contributed by atoms with van der Waals surface area (Å²) >= 11 is 0. The molecule has 0 radical (unpaired) electrons. The average Bonchev–Trinajstić information content (AvgIpc) is 0.952. The lowest BCUT2D eigenvalue weighted by Crippen LogP contribution is -2.45. The second-order valence-electron chi connectivity index (χ2n) is 19.4. The first-order valence-electron chi connectivity index (χ1n) is 26.9. The van der Waals surface area contributed by atoms with E-state index in [1.165, 1.54) is 66.7 Å². The minimum Gasteiger partial charge on any atom is -0.489 e. The third-order valence-electron chi connectivity index (χ3n) is 14.4. The van der Waals surface area contributed by atoms with Gasteiger partial charge in [0.1, 0.15) is 25.6 Å². The summed E-state index contributed by atoms with van der Waals surface area (Å²) in [7, 11) is 3.12. The number of imide groups is 4. The van der Waals surface area contributed by atoms with Crippen LogP contribution >= 0.6 is 0 Å². The highest BCUT2D eigenvalue weighted by atomic mass is 16.6. The van der Waals surface area contributed by atoms with E-state index in [1.54, 1.807) is 26.4 Å². The maximum Gasteiger partial charge on any atom is 0.338 e. The smallest absolute Gasteiger partial charge is 0.338 e. The maximum absolute atomic E-state index is 14.0. The van der Waals surface area contributed by atoms with Crippen molar-refractivity contribution >= 4 is 80.7 Å². The van der Waals surface area contributed by atoms with E-state index in [0.29, 0.717) is 39.6 Å². The van der Waals surface area contributed by atoms with Crippen molar-refractivity contribution in [3.8, 4) is 5.75 Å². The van der Waals surface area contributed by atoms with Crippen molar-refractivity contribution in [2.75, 3.05) is 120 Å². The first-order valence-corrected chi connectivity index (χ1v) is 26.9. The summed E-state index contributed by atoms with van der Waals surface area (Å²) in [5.74, 6) is -7.28. The maximum atomic E-state index is 14.0. The zero-order valence-electron chi connectivity index (χ0n) is 45.8. The van der Waals surface area contributed by atoms with Crippen LogP contribution in [0.3, 0.4) is 0 Å². The van der Waals surface area contributed by atoms with Crippen molar-refractivity contribution in [3.05, 3.63) is 158 Å². The Morgan fingerprint density at radius 1 is 0.345 bits per heavy atom. The molecule has 10 rings (SSSR count). The molecular formula is C61H56N4O19. The van der Waals surface area contributed by atoms with Crippen molar-refractivity contribution in [1.29, 1.82) is 0 Å². The van der Waals surface area contributed by atoms with Gasteiger partial charge in [-0.15, -0.1) is 0 Å². The third-order valence-corrected chi connectivity index (χ3v) is 14.4. The first kappa shape index (κ1) is 58.1. The van der Waals surface area contributed by atoms with E-state index in [2.05, 4.69) is 0 Å². The molecule has 4 aliphatic heterocycles. The summed E-state index contributed by atoms with van der Waals surface area (Å²) in [6.45, 7) is 0.959. The summed E-state index contributed by atoms with van der Waals surface area (Å²) < 4.78 is 49.0. The average molecular weight is 1150 g/mol. The molecule has 4 heterocycles. The molecule has 84 heavy (non-hydrogen) atoms. The fraction of sp³-hybridized carbons (Fsp3) is 0.311. The second-order valence-corrected chi connectivity index (χ2v) is 19.4. The van der Waals surface area contributed by atoms with Crippen molar-refractivity contribution in [2.24, 2.45) is 0 Å². The normalized spacial score (nSPS) is 14.4. The lowest BCUT2D eigenvalue weighted by molar-refractivity contribution is 0.0188. The number of nitrogens with zero attached hydrogens (tertiary/aromatic N) is 4. The zero-order valence-corrected chi connectivity index (χ0v) is 45.8. The predicted octanol–water partition coefficient (Wildman–Crippen LogP) is 5.03. The topological polar surface area (TPSA) is 267 Å². The van der Waals surface area contributed by atoms with Crippen LogP contribution in [-0.2, 0) is 44.5 Å². The van der Waals surface area contributed by atoms with Gasteiger partial charge in [-0.25, -0.2) is 9.59 Å². The van der Waals surface area contributed by atoms with Gasteiger partial charge in [-0.2, -0.15) is 0 Å². The molecule has 0 saturated carbocycles. The number of esters is 2. The number of carbonyl (C=O) groups is 10. The molecule has 0 saturated heterocycles. The van der Waals surface area contributed by atoms with Gasteiger partial charge in [0.15, 0.2) is 0 Å². The molecule has 23 nitrogen and oxygen atoms in total. The summed E-state index contributed by atoms with van der Waals surface area (Å²) in [5, 5.41) is 0.682. The van der Waals surface area contributed by atoms with Crippen LogP contribution in [0.4, 0.5) is 0 Å².